The van der Waals surface area contributed by atoms with Crippen molar-refractivity contribution >= 4 is 22.0 Å². The van der Waals surface area contributed by atoms with Crippen molar-refractivity contribution in [2.24, 2.45) is 0 Å². The maximum atomic E-state index is 12.4. The van der Waals surface area contributed by atoms with Crippen molar-refractivity contribution in [3.63, 3.8) is 0 Å². The average molecular weight is 315 g/mol. The second-order valence-corrected chi connectivity index (χ2v) is 6.61. The first kappa shape index (κ1) is 17.1. The number of aromatic carboxylic acids is 1. The quantitative estimate of drug-likeness (QED) is 0.782. The number of nitrogens with one attached hydrogen (secondary N) is 1. The zero-order chi connectivity index (χ0) is 16.4. The molecule has 0 aliphatic carbocycles. The third kappa shape index (κ3) is 3.59. The van der Waals surface area contributed by atoms with E-state index in [0.717, 1.165) is 7.11 Å². The summed E-state index contributed by atoms with van der Waals surface area (Å²) in [5.41, 5.74) is -1.49. The third-order valence-corrected chi connectivity index (χ3v) is 4.69. The van der Waals surface area contributed by atoms with Gasteiger partial charge in [-0.3, -0.25) is 4.79 Å². The number of sulfonamides is 1. The molecule has 1 aromatic rings. The fourth-order valence-corrected chi connectivity index (χ4v) is 3.46. The van der Waals surface area contributed by atoms with Crippen molar-refractivity contribution < 1.29 is 27.9 Å². The van der Waals surface area contributed by atoms with Crippen molar-refractivity contribution in [1.29, 1.82) is 0 Å². The summed E-state index contributed by atoms with van der Waals surface area (Å²) >= 11 is 0. The standard InChI is InChI=1S/C13H17NO6S/c1-8-9(11(15)16)6-5-7-10(8)21(18,19)14-13(2,3)12(17)20-4/h5-7,14H,1-4H3,(H,15,16). The van der Waals surface area contributed by atoms with Crippen LogP contribution in [-0.4, -0.2) is 38.1 Å². The molecule has 8 heteroatoms. The highest BCUT2D eigenvalue weighted by Crippen LogP contribution is 2.21. The van der Waals surface area contributed by atoms with Crippen molar-refractivity contribution in [1.82, 2.24) is 4.72 Å². The van der Waals surface area contributed by atoms with E-state index in [1.54, 1.807) is 0 Å². The highest BCUT2D eigenvalue weighted by atomic mass is 32.2. The molecule has 0 bridgehead atoms. The van der Waals surface area contributed by atoms with Crippen molar-refractivity contribution in [2.75, 3.05) is 7.11 Å². The van der Waals surface area contributed by atoms with E-state index in [9.17, 15) is 18.0 Å². The summed E-state index contributed by atoms with van der Waals surface area (Å²) in [6.45, 7) is 4.10. The molecule has 0 atom stereocenters. The number of carboxylic acid groups (broad SMARTS) is 1. The summed E-state index contributed by atoms with van der Waals surface area (Å²) in [5.74, 6) is -1.98. The van der Waals surface area contributed by atoms with Crippen molar-refractivity contribution in [3.05, 3.63) is 29.3 Å². The minimum absolute atomic E-state index is 0.0955. The van der Waals surface area contributed by atoms with Crippen LogP contribution in [0, 0.1) is 6.92 Å². The van der Waals surface area contributed by atoms with E-state index in [2.05, 4.69) is 9.46 Å². The highest BCUT2D eigenvalue weighted by molar-refractivity contribution is 7.89. The molecule has 21 heavy (non-hydrogen) atoms. The Morgan fingerprint density at radius 1 is 1.29 bits per heavy atom. The third-order valence-electron chi connectivity index (χ3n) is 2.89. The topological polar surface area (TPSA) is 110 Å². The van der Waals surface area contributed by atoms with E-state index in [0.29, 0.717) is 0 Å². The molecule has 0 fully saturated rings. The number of benzene rings is 1. The van der Waals surface area contributed by atoms with Gasteiger partial charge in [0.25, 0.3) is 0 Å². The molecule has 0 saturated carbocycles. The predicted molar refractivity (Wildman–Crippen MR) is 74.6 cm³/mol. The van der Waals surface area contributed by atoms with E-state index in [1.807, 2.05) is 0 Å². The molecule has 1 rings (SSSR count). The van der Waals surface area contributed by atoms with Crippen LogP contribution in [0.25, 0.3) is 0 Å². The Hall–Kier alpha value is -1.93. The Kier molecular flexibility index (Phi) is 4.75. The van der Waals surface area contributed by atoms with Gasteiger partial charge in [0.1, 0.15) is 5.54 Å². The Bertz CT molecular complexity index is 678. The number of carboxylic acids is 1. The zero-order valence-corrected chi connectivity index (χ0v) is 12.9. The van der Waals surface area contributed by atoms with Crippen LogP contribution in [0.4, 0.5) is 0 Å². The summed E-state index contributed by atoms with van der Waals surface area (Å²) in [5, 5.41) is 9.03. The predicted octanol–water partition coefficient (Wildman–Crippen LogP) is 0.923. The van der Waals surface area contributed by atoms with Crippen LogP contribution in [-0.2, 0) is 19.6 Å². The number of carbonyl (C=O) groups is 2. The number of esters is 1. The van der Waals surface area contributed by atoms with Gasteiger partial charge in [-0.05, 0) is 38.5 Å². The molecular weight excluding hydrogens is 298 g/mol. The number of rotatable bonds is 5. The van der Waals surface area contributed by atoms with Crippen LogP contribution in [0.1, 0.15) is 29.8 Å². The Morgan fingerprint density at radius 2 is 1.86 bits per heavy atom. The van der Waals surface area contributed by atoms with Crippen LogP contribution in [0.15, 0.2) is 23.1 Å². The second-order valence-electron chi connectivity index (χ2n) is 4.96. The molecular formula is C13H17NO6S. The van der Waals surface area contributed by atoms with Crippen molar-refractivity contribution in [2.45, 2.75) is 31.2 Å². The van der Waals surface area contributed by atoms with E-state index < -0.39 is 27.5 Å². The molecule has 0 spiro atoms. The van der Waals surface area contributed by atoms with Gasteiger partial charge in [-0.15, -0.1) is 0 Å². The zero-order valence-electron chi connectivity index (χ0n) is 12.1. The lowest BCUT2D eigenvalue weighted by Crippen LogP contribution is -2.50. The number of ether oxygens (including phenoxy) is 1. The normalized spacial score (nSPS) is 12.0. The molecule has 0 amide bonds. The van der Waals surface area contributed by atoms with Crippen LogP contribution in [0.3, 0.4) is 0 Å². The largest absolute Gasteiger partial charge is 0.478 e. The lowest BCUT2D eigenvalue weighted by Gasteiger charge is -2.23. The Labute approximate surface area is 123 Å². The number of carbonyl (C=O) groups excluding carboxylic acids is 1. The van der Waals surface area contributed by atoms with Crippen LogP contribution in [0.5, 0.6) is 0 Å². The first-order chi connectivity index (χ1) is 9.53. The van der Waals surface area contributed by atoms with Gasteiger partial charge in [0.2, 0.25) is 10.0 Å². The molecule has 2 N–H and O–H groups in total. The SMILES string of the molecule is COC(=O)C(C)(C)NS(=O)(=O)c1cccc(C(=O)O)c1C. The summed E-state index contributed by atoms with van der Waals surface area (Å²) in [7, 11) is -2.93. The molecule has 116 valence electrons. The number of hydrogen-bond donors (Lipinski definition) is 2. The van der Waals surface area contributed by atoms with Gasteiger partial charge in [0, 0.05) is 0 Å². The molecule has 0 unspecified atom stereocenters. The summed E-state index contributed by atoms with van der Waals surface area (Å²) in [6.07, 6.45) is 0. The van der Waals surface area contributed by atoms with E-state index >= 15 is 0 Å². The lowest BCUT2D eigenvalue weighted by molar-refractivity contribution is -0.146. The maximum Gasteiger partial charge on any atom is 0.335 e. The van der Waals surface area contributed by atoms with E-state index in [1.165, 1.54) is 39.0 Å². The fourth-order valence-electron chi connectivity index (χ4n) is 1.82. The molecule has 0 aliphatic rings. The average Bonchev–Trinajstić information content (AvgIpc) is 2.35. The molecule has 0 saturated heterocycles. The molecule has 0 heterocycles. The summed E-state index contributed by atoms with van der Waals surface area (Å²) in [6, 6.07) is 3.91. The highest BCUT2D eigenvalue weighted by Gasteiger charge is 2.35. The van der Waals surface area contributed by atoms with Crippen LogP contribution < -0.4 is 4.72 Å². The first-order valence-corrected chi connectivity index (χ1v) is 7.46. The van der Waals surface area contributed by atoms with Gasteiger partial charge in [-0.1, -0.05) is 6.07 Å². The van der Waals surface area contributed by atoms with E-state index in [-0.39, 0.29) is 16.0 Å². The molecule has 0 aliphatic heterocycles. The molecule has 7 nitrogen and oxygen atoms in total. The smallest absolute Gasteiger partial charge is 0.335 e. The Balaban J connectivity index is 3.30. The maximum absolute atomic E-state index is 12.4. The first-order valence-electron chi connectivity index (χ1n) is 5.98. The van der Waals surface area contributed by atoms with Gasteiger partial charge in [-0.2, -0.15) is 4.72 Å². The monoisotopic (exact) mass is 315 g/mol. The van der Waals surface area contributed by atoms with Gasteiger partial charge in [-0.25, -0.2) is 13.2 Å². The fraction of sp³-hybridized carbons (Fsp3) is 0.385. The molecule has 1 aromatic carbocycles. The lowest BCUT2D eigenvalue weighted by atomic mass is 10.1. The summed E-state index contributed by atoms with van der Waals surface area (Å²) in [4.78, 5) is 22.4. The minimum Gasteiger partial charge on any atom is -0.478 e. The second kappa shape index (κ2) is 5.82. The number of methoxy groups -OCH3 is 1. The van der Waals surface area contributed by atoms with Crippen LogP contribution >= 0.6 is 0 Å². The van der Waals surface area contributed by atoms with Gasteiger partial charge in [0.15, 0.2) is 0 Å². The van der Waals surface area contributed by atoms with Gasteiger partial charge in [0.05, 0.1) is 17.6 Å². The number of hydrogen-bond acceptors (Lipinski definition) is 5. The molecule has 0 aromatic heterocycles. The minimum atomic E-state index is -4.07. The van der Waals surface area contributed by atoms with Gasteiger partial charge >= 0.3 is 11.9 Å². The summed E-state index contributed by atoms with van der Waals surface area (Å²) < 4.78 is 31.4. The van der Waals surface area contributed by atoms with Gasteiger partial charge < -0.3 is 9.84 Å². The van der Waals surface area contributed by atoms with E-state index in [4.69, 9.17) is 5.11 Å². The Morgan fingerprint density at radius 3 is 2.33 bits per heavy atom. The molecule has 0 radical (unpaired) electrons. The van der Waals surface area contributed by atoms with Crippen molar-refractivity contribution in [3.8, 4) is 0 Å². The van der Waals surface area contributed by atoms with Crippen LogP contribution in [0.2, 0.25) is 0 Å².